The molecule has 0 saturated heterocycles. The Balaban J connectivity index is 2.69. The molecule has 2 rings (SSSR count). The highest BCUT2D eigenvalue weighted by molar-refractivity contribution is 9.25. The van der Waals surface area contributed by atoms with Gasteiger partial charge in [-0.2, -0.15) is 0 Å². The molecule has 1 aromatic heterocycles. The molecule has 0 bridgehead atoms. The number of rotatable bonds is 0. The number of likely N-dealkylation sites (N-methyl/N-ethyl adjacent to an activating group) is 1. The Morgan fingerprint density at radius 3 is 2.79 bits per heavy atom. The van der Waals surface area contributed by atoms with Crippen LogP contribution < -0.4 is 4.90 Å². The van der Waals surface area contributed by atoms with Gasteiger partial charge in [0.15, 0.2) is 3.23 Å². The molecule has 0 N–H and O–H groups in total. The molecule has 0 radical (unpaired) electrons. The number of aromatic nitrogens is 1. The smallest absolute Gasteiger partial charge is 0.260 e. The Kier molecular flexibility index (Phi) is 2.48. The van der Waals surface area contributed by atoms with Crippen LogP contribution in [-0.2, 0) is 8.03 Å². The highest BCUT2D eigenvalue weighted by Crippen LogP contribution is 2.49. The van der Waals surface area contributed by atoms with Crippen LogP contribution >= 0.6 is 47.8 Å². The third-order valence-corrected chi connectivity index (χ3v) is 4.03. The summed E-state index contributed by atoms with van der Waals surface area (Å²) in [5.41, 5.74) is 0.819. The molecule has 0 unspecified atom stereocenters. The molecule has 3 nitrogen and oxygen atoms in total. The van der Waals surface area contributed by atoms with Gasteiger partial charge in [-0.1, -0.05) is 31.9 Å². The summed E-state index contributed by atoms with van der Waals surface area (Å²) in [5.74, 6) is 0.602. The number of anilines is 1. The fourth-order valence-corrected chi connectivity index (χ4v) is 2.80. The van der Waals surface area contributed by atoms with E-state index in [9.17, 15) is 4.79 Å². The van der Waals surface area contributed by atoms with E-state index in [0.29, 0.717) is 5.82 Å². The summed E-state index contributed by atoms with van der Waals surface area (Å²) in [7, 11) is 1.70. The van der Waals surface area contributed by atoms with Crippen LogP contribution in [0.4, 0.5) is 5.82 Å². The average Bonchev–Trinajstić information content (AvgIpc) is 2.29. The summed E-state index contributed by atoms with van der Waals surface area (Å²) in [6.45, 7) is 0. The van der Waals surface area contributed by atoms with Gasteiger partial charge in [0.2, 0.25) is 0 Å². The van der Waals surface area contributed by atoms with Crippen molar-refractivity contribution in [3.8, 4) is 0 Å². The molecule has 14 heavy (non-hydrogen) atoms. The van der Waals surface area contributed by atoms with Crippen molar-refractivity contribution in [3.63, 3.8) is 0 Å². The van der Waals surface area contributed by atoms with Gasteiger partial charge < -0.3 is 0 Å². The molecule has 0 atom stereocenters. The Hall–Kier alpha value is 0.0600. The lowest BCUT2D eigenvalue weighted by molar-refractivity contribution is -0.117. The minimum atomic E-state index is -0.832. The lowest BCUT2D eigenvalue weighted by atomic mass is 10.2. The number of hydrogen-bond acceptors (Lipinski definition) is 2. The zero-order chi connectivity index (χ0) is 10.5. The van der Waals surface area contributed by atoms with E-state index in [1.807, 2.05) is 6.07 Å². The van der Waals surface area contributed by atoms with Crippen LogP contribution in [0.25, 0.3) is 0 Å². The van der Waals surface area contributed by atoms with Crippen molar-refractivity contribution in [1.29, 1.82) is 0 Å². The van der Waals surface area contributed by atoms with Crippen molar-refractivity contribution in [3.05, 3.63) is 22.3 Å². The molecule has 1 aliphatic rings. The number of halogens is 3. The second-order valence-corrected chi connectivity index (χ2v) is 7.32. The van der Waals surface area contributed by atoms with Crippen LogP contribution in [0, 0.1) is 0 Å². The first kappa shape index (κ1) is 10.6. The monoisotopic (exact) mass is 382 g/mol. The number of nitrogens with zero attached hydrogens (tertiary/aromatic N) is 2. The Morgan fingerprint density at radius 1 is 1.50 bits per heavy atom. The van der Waals surface area contributed by atoms with Gasteiger partial charge in [-0.3, -0.25) is 9.69 Å². The second kappa shape index (κ2) is 3.28. The van der Waals surface area contributed by atoms with Gasteiger partial charge in [0.05, 0.1) is 0 Å². The Labute approximate surface area is 106 Å². The van der Waals surface area contributed by atoms with Crippen LogP contribution in [0.2, 0.25) is 0 Å². The van der Waals surface area contributed by atoms with Crippen molar-refractivity contribution in [2.24, 2.45) is 0 Å². The van der Waals surface area contributed by atoms with E-state index < -0.39 is 3.23 Å². The number of fused-ring (bicyclic) bond motifs is 1. The fraction of sp³-hybridized carbons (Fsp3) is 0.250. The van der Waals surface area contributed by atoms with E-state index in [1.165, 1.54) is 4.90 Å². The molecule has 0 fully saturated rings. The summed E-state index contributed by atoms with van der Waals surface area (Å²) < 4.78 is 0.0172. The molecule has 74 valence electrons. The number of carbonyl (C=O) groups excluding carboxylic acids is 1. The molecule has 0 saturated carbocycles. The molecule has 1 amide bonds. The molecular weight excluding hydrogens is 380 g/mol. The van der Waals surface area contributed by atoms with Gasteiger partial charge in [-0.05, 0) is 22.0 Å². The maximum absolute atomic E-state index is 11.8. The van der Waals surface area contributed by atoms with Crippen molar-refractivity contribution in [2.75, 3.05) is 11.9 Å². The van der Waals surface area contributed by atoms with E-state index >= 15 is 0 Å². The zero-order valence-electron chi connectivity index (χ0n) is 7.09. The first-order chi connectivity index (χ1) is 6.44. The first-order valence-electron chi connectivity index (χ1n) is 3.76. The van der Waals surface area contributed by atoms with Crippen molar-refractivity contribution in [1.82, 2.24) is 4.98 Å². The highest BCUT2D eigenvalue weighted by Gasteiger charge is 2.47. The van der Waals surface area contributed by atoms with Crippen molar-refractivity contribution in [2.45, 2.75) is 3.23 Å². The fourth-order valence-electron chi connectivity index (χ4n) is 1.35. The zero-order valence-corrected chi connectivity index (χ0v) is 11.8. The van der Waals surface area contributed by atoms with Crippen LogP contribution in [0.5, 0.6) is 0 Å². The molecule has 0 spiro atoms. The lowest BCUT2D eigenvalue weighted by Crippen LogP contribution is -2.29. The van der Waals surface area contributed by atoms with Gasteiger partial charge in [0, 0.05) is 23.3 Å². The van der Waals surface area contributed by atoms with Gasteiger partial charge in [0.25, 0.3) is 5.91 Å². The Bertz CT molecular complexity index is 419. The topological polar surface area (TPSA) is 33.2 Å². The summed E-state index contributed by atoms with van der Waals surface area (Å²) in [6.07, 6.45) is 1.67. The van der Waals surface area contributed by atoms with Crippen LogP contribution in [0.15, 0.2) is 16.7 Å². The lowest BCUT2D eigenvalue weighted by Gasteiger charge is -2.11. The van der Waals surface area contributed by atoms with Crippen molar-refractivity contribution < 1.29 is 4.79 Å². The minimum Gasteiger partial charge on any atom is -0.297 e. The van der Waals surface area contributed by atoms with Gasteiger partial charge in [-0.25, -0.2) is 4.98 Å². The highest BCUT2D eigenvalue weighted by atomic mass is 79.9. The SMILES string of the molecule is CN1C(=O)C(Br)(Br)c2cc(Br)cnc21. The van der Waals surface area contributed by atoms with E-state index in [1.54, 1.807) is 13.2 Å². The number of hydrogen-bond donors (Lipinski definition) is 0. The van der Waals surface area contributed by atoms with Gasteiger partial charge in [0.1, 0.15) is 5.82 Å². The first-order valence-corrected chi connectivity index (χ1v) is 6.14. The quantitative estimate of drug-likeness (QED) is 0.644. The number of carbonyl (C=O) groups is 1. The molecule has 1 aliphatic heterocycles. The average molecular weight is 385 g/mol. The molecule has 0 aliphatic carbocycles. The summed E-state index contributed by atoms with van der Waals surface area (Å²) in [5, 5.41) is 0. The van der Waals surface area contributed by atoms with E-state index in [4.69, 9.17) is 0 Å². The largest absolute Gasteiger partial charge is 0.297 e. The number of amides is 1. The standard InChI is InChI=1S/C8H5Br3N2O/c1-13-6-5(2-4(9)3-12-6)8(10,11)7(13)14/h2-3H,1H3. The predicted octanol–water partition coefficient (Wildman–Crippen LogP) is 2.76. The van der Waals surface area contributed by atoms with Crippen molar-refractivity contribution >= 4 is 59.5 Å². The summed E-state index contributed by atoms with van der Waals surface area (Å²) in [4.78, 5) is 17.5. The molecular formula is C8H5Br3N2O. The summed E-state index contributed by atoms with van der Waals surface area (Å²) in [6, 6.07) is 1.87. The third kappa shape index (κ3) is 1.35. The van der Waals surface area contributed by atoms with E-state index in [-0.39, 0.29) is 5.91 Å². The predicted molar refractivity (Wildman–Crippen MR) is 64.9 cm³/mol. The van der Waals surface area contributed by atoms with E-state index in [2.05, 4.69) is 52.8 Å². The van der Waals surface area contributed by atoms with Crippen LogP contribution in [-0.4, -0.2) is 17.9 Å². The maximum Gasteiger partial charge on any atom is 0.260 e. The van der Waals surface area contributed by atoms with Gasteiger partial charge in [-0.15, -0.1) is 0 Å². The van der Waals surface area contributed by atoms with E-state index in [0.717, 1.165) is 10.0 Å². The normalized spacial score (nSPS) is 18.6. The molecule has 0 aromatic carbocycles. The van der Waals surface area contributed by atoms with Crippen LogP contribution in [0.3, 0.4) is 0 Å². The third-order valence-electron chi connectivity index (χ3n) is 2.06. The van der Waals surface area contributed by atoms with Gasteiger partial charge >= 0.3 is 0 Å². The number of pyridine rings is 1. The Morgan fingerprint density at radius 2 is 2.14 bits per heavy atom. The maximum atomic E-state index is 11.8. The number of alkyl halides is 2. The minimum absolute atomic E-state index is 0.0712. The van der Waals surface area contributed by atoms with Crippen LogP contribution in [0.1, 0.15) is 5.56 Å². The summed E-state index contributed by atoms with van der Waals surface area (Å²) >= 11 is 10.0. The molecule has 6 heteroatoms. The molecule has 1 aromatic rings. The molecule has 2 heterocycles. The second-order valence-electron chi connectivity index (χ2n) is 2.96.